The van der Waals surface area contributed by atoms with E-state index in [1.54, 1.807) is 0 Å². The number of benzene rings is 1. The third-order valence-electron chi connectivity index (χ3n) is 2.92. The van der Waals surface area contributed by atoms with Crippen molar-refractivity contribution in [2.45, 2.75) is 29.9 Å². The predicted molar refractivity (Wildman–Crippen MR) is 67.6 cm³/mol. The highest BCUT2D eigenvalue weighted by molar-refractivity contribution is 7.92. The third kappa shape index (κ3) is 2.72. The molecule has 5 nitrogen and oxygen atoms in total. The zero-order valence-electron chi connectivity index (χ0n) is 10.8. The molecule has 7 heteroatoms. The van der Waals surface area contributed by atoms with Gasteiger partial charge in [0.25, 0.3) is 5.78 Å². The third-order valence-corrected chi connectivity index (χ3v) is 5.22. The van der Waals surface area contributed by atoms with Crippen molar-refractivity contribution < 1.29 is 27.1 Å². The van der Waals surface area contributed by atoms with Crippen LogP contribution < -0.4 is 0 Å². The first-order valence-electron chi connectivity index (χ1n) is 6.12. The highest BCUT2D eigenvalue weighted by Gasteiger charge is 2.38. The molecule has 1 saturated carbocycles. The van der Waals surface area contributed by atoms with Crippen molar-refractivity contribution in [3.63, 3.8) is 0 Å². The van der Waals surface area contributed by atoms with E-state index >= 15 is 0 Å². The van der Waals surface area contributed by atoms with E-state index in [0.717, 1.165) is 18.2 Å². The molecule has 2 rings (SSSR count). The summed E-state index contributed by atoms with van der Waals surface area (Å²) in [7, 11) is -3.67. The van der Waals surface area contributed by atoms with Crippen molar-refractivity contribution in [1.82, 2.24) is 0 Å². The zero-order valence-corrected chi connectivity index (χ0v) is 11.6. The van der Waals surface area contributed by atoms with Crippen molar-refractivity contribution in [3.05, 3.63) is 29.6 Å². The monoisotopic (exact) mass is 300 g/mol. The SMILES string of the molecule is CCOC(=O)C(=O)c1ccc(S(=O)(=O)C2CC2)c(F)c1. The van der Waals surface area contributed by atoms with Crippen LogP contribution in [0.3, 0.4) is 0 Å². The Kier molecular flexibility index (Phi) is 3.89. The molecule has 0 atom stereocenters. The number of carbonyl (C=O) groups is 2. The van der Waals surface area contributed by atoms with Crippen molar-refractivity contribution in [1.29, 1.82) is 0 Å². The molecule has 20 heavy (non-hydrogen) atoms. The first kappa shape index (κ1) is 14.6. The smallest absolute Gasteiger partial charge is 0.379 e. The Balaban J connectivity index is 2.31. The molecule has 1 aliphatic carbocycles. The Morgan fingerprint density at radius 2 is 2.00 bits per heavy atom. The van der Waals surface area contributed by atoms with Gasteiger partial charge in [0.05, 0.1) is 11.9 Å². The molecule has 0 amide bonds. The summed E-state index contributed by atoms with van der Waals surface area (Å²) in [6, 6.07) is 2.90. The molecule has 0 bridgehead atoms. The van der Waals surface area contributed by atoms with Gasteiger partial charge in [-0.2, -0.15) is 0 Å². The number of rotatable bonds is 5. The fraction of sp³-hybridized carbons (Fsp3) is 0.385. The summed E-state index contributed by atoms with van der Waals surface area (Å²) in [5.74, 6) is -3.11. The van der Waals surface area contributed by atoms with Crippen molar-refractivity contribution in [3.8, 4) is 0 Å². The quantitative estimate of drug-likeness (QED) is 0.468. The molecule has 0 heterocycles. The second-order valence-corrected chi connectivity index (χ2v) is 6.64. The lowest BCUT2D eigenvalue weighted by molar-refractivity contribution is -0.137. The van der Waals surface area contributed by atoms with Crippen LogP contribution in [0.2, 0.25) is 0 Å². The number of sulfone groups is 1. The Bertz CT molecular complexity index is 661. The predicted octanol–water partition coefficient (Wildman–Crippen LogP) is 1.51. The first-order valence-corrected chi connectivity index (χ1v) is 7.67. The molecule has 1 aliphatic rings. The van der Waals surface area contributed by atoms with Crippen LogP contribution in [0.4, 0.5) is 4.39 Å². The van der Waals surface area contributed by atoms with E-state index in [2.05, 4.69) is 4.74 Å². The molecular weight excluding hydrogens is 287 g/mol. The number of ketones is 1. The largest absolute Gasteiger partial charge is 0.460 e. The van der Waals surface area contributed by atoms with Crippen LogP contribution in [0.25, 0.3) is 0 Å². The minimum atomic E-state index is -3.67. The highest BCUT2D eigenvalue weighted by atomic mass is 32.2. The van der Waals surface area contributed by atoms with Crippen molar-refractivity contribution >= 4 is 21.6 Å². The van der Waals surface area contributed by atoms with Gasteiger partial charge >= 0.3 is 5.97 Å². The standard InChI is InChI=1S/C13H13FO5S/c1-2-19-13(16)12(15)8-3-6-11(10(14)7-8)20(17,18)9-4-5-9/h3,6-7,9H,2,4-5H2,1H3. The van der Waals surface area contributed by atoms with Gasteiger partial charge in [-0.25, -0.2) is 17.6 Å². The Morgan fingerprint density at radius 3 is 2.50 bits per heavy atom. The van der Waals surface area contributed by atoms with Gasteiger partial charge in [0.1, 0.15) is 10.7 Å². The molecule has 0 aliphatic heterocycles. The van der Waals surface area contributed by atoms with E-state index in [9.17, 15) is 22.4 Å². The Hall–Kier alpha value is -1.76. The number of hydrogen-bond donors (Lipinski definition) is 0. The average Bonchev–Trinajstić information content (AvgIpc) is 3.22. The van der Waals surface area contributed by atoms with E-state index in [-0.39, 0.29) is 12.2 Å². The van der Waals surface area contributed by atoms with Gasteiger partial charge in [-0.3, -0.25) is 4.79 Å². The van der Waals surface area contributed by atoms with Gasteiger partial charge in [-0.05, 0) is 38.0 Å². The Labute approximate surface area is 115 Å². The maximum absolute atomic E-state index is 13.9. The fourth-order valence-electron chi connectivity index (χ4n) is 1.75. The van der Waals surface area contributed by atoms with E-state index in [1.165, 1.54) is 6.92 Å². The number of esters is 1. The number of ether oxygens (including phenoxy) is 1. The van der Waals surface area contributed by atoms with Gasteiger partial charge in [0, 0.05) is 5.56 Å². The second-order valence-electron chi connectivity index (χ2n) is 4.44. The van der Waals surface area contributed by atoms with Crippen molar-refractivity contribution in [2.24, 2.45) is 0 Å². The van der Waals surface area contributed by atoms with Crippen LogP contribution in [-0.4, -0.2) is 32.0 Å². The molecule has 0 saturated heterocycles. The molecular formula is C13H13FO5S. The van der Waals surface area contributed by atoms with Gasteiger partial charge in [0.2, 0.25) is 0 Å². The van der Waals surface area contributed by atoms with Crippen LogP contribution in [0.1, 0.15) is 30.1 Å². The van der Waals surface area contributed by atoms with Gasteiger partial charge in [-0.15, -0.1) is 0 Å². The minimum Gasteiger partial charge on any atom is -0.460 e. The van der Waals surface area contributed by atoms with E-state index in [1.807, 2.05) is 0 Å². The number of carbonyl (C=O) groups excluding carboxylic acids is 2. The van der Waals surface area contributed by atoms with E-state index in [0.29, 0.717) is 12.8 Å². The fourth-order valence-corrected chi connectivity index (χ4v) is 3.45. The maximum atomic E-state index is 13.9. The number of halogens is 1. The lowest BCUT2D eigenvalue weighted by Gasteiger charge is -2.06. The lowest BCUT2D eigenvalue weighted by Crippen LogP contribution is -2.18. The van der Waals surface area contributed by atoms with Crippen molar-refractivity contribution in [2.75, 3.05) is 6.61 Å². The van der Waals surface area contributed by atoms with Crippen LogP contribution in [0.15, 0.2) is 23.1 Å². The summed E-state index contributed by atoms with van der Waals surface area (Å²) in [6.45, 7) is 1.57. The molecule has 1 aromatic rings. The Morgan fingerprint density at radius 1 is 1.35 bits per heavy atom. The zero-order chi connectivity index (χ0) is 14.9. The molecule has 1 aromatic carbocycles. The van der Waals surface area contributed by atoms with Crippen LogP contribution in [-0.2, 0) is 19.4 Å². The summed E-state index contributed by atoms with van der Waals surface area (Å²) in [5.41, 5.74) is -0.226. The van der Waals surface area contributed by atoms with E-state index < -0.39 is 37.6 Å². The van der Waals surface area contributed by atoms with Crippen LogP contribution in [0.5, 0.6) is 0 Å². The normalized spacial score (nSPS) is 14.9. The minimum absolute atomic E-state index is 0.0290. The van der Waals surface area contributed by atoms with E-state index in [4.69, 9.17) is 0 Å². The number of Topliss-reactive ketones (excluding diaryl/α,β-unsaturated/α-hetero) is 1. The summed E-state index contributed by atoms with van der Waals surface area (Å²) in [4.78, 5) is 22.4. The second kappa shape index (κ2) is 5.32. The highest BCUT2D eigenvalue weighted by Crippen LogP contribution is 2.34. The summed E-state index contributed by atoms with van der Waals surface area (Å²) in [5, 5.41) is -0.538. The molecule has 0 unspecified atom stereocenters. The molecule has 1 fully saturated rings. The summed E-state index contributed by atoms with van der Waals surface area (Å²) >= 11 is 0. The molecule has 108 valence electrons. The number of hydrogen-bond acceptors (Lipinski definition) is 5. The summed E-state index contributed by atoms with van der Waals surface area (Å²) in [6.07, 6.45) is 1.04. The van der Waals surface area contributed by atoms with Crippen LogP contribution in [0, 0.1) is 5.82 Å². The van der Waals surface area contributed by atoms with Gasteiger partial charge in [-0.1, -0.05) is 0 Å². The first-order chi connectivity index (χ1) is 9.37. The topological polar surface area (TPSA) is 77.5 Å². The lowest BCUT2D eigenvalue weighted by atomic mass is 10.1. The average molecular weight is 300 g/mol. The maximum Gasteiger partial charge on any atom is 0.379 e. The van der Waals surface area contributed by atoms with Crippen LogP contribution >= 0.6 is 0 Å². The molecule has 0 radical (unpaired) electrons. The molecule has 0 N–H and O–H groups in total. The molecule has 0 spiro atoms. The van der Waals surface area contributed by atoms with Gasteiger partial charge in [0.15, 0.2) is 9.84 Å². The van der Waals surface area contributed by atoms with Gasteiger partial charge < -0.3 is 4.74 Å². The summed E-state index contributed by atoms with van der Waals surface area (Å²) < 4.78 is 42.2. The molecule has 0 aromatic heterocycles.